The van der Waals surface area contributed by atoms with Gasteiger partial charge in [0.05, 0.1) is 22.3 Å². The van der Waals surface area contributed by atoms with E-state index in [4.69, 9.17) is 4.98 Å². The molecule has 7 heteroatoms. The lowest BCUT2D eigenvalue weighted by molar-refractivity contribution is -0.117. The van der Waals surface area contributed by atoms with Crippen molar-refractivity contribution < 1.29 is 9.59 Å². The van der Waals surface area contributed by atoms with Gasteiger partial charge in [0.15, 0.2) is 5.65 Å². The third kappa shape index (κ3) is 3.98. The monoisotopic (exact) mass is 439 g/mol. The van der Waals surface area contributed by atoms with E-state index in [2.05, 4.69) is 10.4 Å². The fraction of sp³-hybridized carbons (Fsp3) is 0.231. The molecular weight excluding hydrogens is 414 g/mol. The van der Waals surface area contributed by atoms with E-state index >= 15 is 0 Å². The van der Waals surface area contributed by atoms with E-state index in [0.717, 1.165) is 46.6 Å². The molecule has 1 saturated heterocycles. The second-order valence-corrected chi connectivity index (χ2v) is 8.33. The number of anilines is 1. The van der Waals surface area contributed by atoms with Crippen LogP contribution in [-0.2, 0) is 18.4 Å². The van der Waals surface area contributed by atoms with Crippen molar-refractivity contribution in [3.8, 4) is 11.3 Å². The minimum absolute atomic E-state index is 0.166. The third-order valence-electron chi connectivity index (χ3n) is 6.06. The zero-order chi connectivity index (χ0) is 22.9. The molecule has 0 saturated carbocycles. The largest absolute Gasteiger partial charge is 0.348 e. The third-order valence-corrected chi connectivity index (χ3v) is 6.06. The first-order valence-electron chi connectivity index (χ1n) is 11.1. The molecule has 2 aromatic heterocycles. The van der Waals surface area contributed by atoms with Crippen molar-refractivity contribution in [2.45, 2.75) is 26.3 Å². The van der Waals surface area contributed by atoms with Gasteiger partial charge in [0.2, 0.25) is 5.91 Å². The minimum atomic E-state index is -0.172. The SMILES string of the molecule is Cc1nn(C)c2nc(-c3ccccc3)cc(C(=O)NCc3ccc(N4CCCC4=O)cc3)c12. The van der Waals surface area contributed by atoms with E-state index in [0.29, 0.717) is 24.2 Å². The average molecular weight is 440 g/mol. The standard InChI is InChI=1S/C26H25N5O2/c1-17-24-21(15-22(19-7-4-3-5-8-19)28-25(24)30(2)29-17)26(33)27-16-18-10-12-20(13-11-18)31-14-6-9-23(31)32/h3-5,7-8,10-13,15H,6,9,14,16H2,1-2H3,(H,27,33). The summed E-state index contributed by atoms with van der Waals surface area (Å²) < 4.78 is 1.71. The Morgan fingerprint density at radius 3 is 2.55 bits per heavy atom. The van der Waals surface area contributed by atoms with Crippen LogP contribution in [0.4, 0.5) is 5.69 Å². The van der Waals surface area contributed by atoms with Crippen molar-refractivity contribution >= 4 is 28.5 Å². The van der Waals surface area contributed by atoms with E-state index < -0.39 is 0 Å². The van der Waals surface area contributed by atoms with Gasteiger partial charge >= 0.3 is 0 Å². The van der Waals surface area contributed by atoms with E-state index in [9.17, 15) is 9.59 Å². The highest BCUT2D eigenvalue weighted by atomic mass is 16.2. The fourth-order valence-electron chi connectivity index (χ4n) is 4.37. The zero-order valence-corrected chi connectivity index (χ0v) is 18.7. The maximum Gasteiger partial charge on any atom is 0.252 e. The molecule has 1 aliphatic rings. The lowest BCUT2D eigenvalue weighted by Gasteiger charge is -2.16. The molecule has 2 aromatic carbocycles. The van der Waals surface area contributed by atoms with Crippen molar-refractivity contribution in [1.82, 2.24) is 20.1 Å². The number of nitrogens with one attached hydrogen (secondary N) is 1. The number of pyridine rings is 1. The molecule has 0 bridgehead atoms. The molecule has 0 unspecified atom stereocenters. The van der Waals surface area contributed by atoms with Gasteiger partial charge in [-0.15, -0.1) is 0 Å². The Morgan fingerprint density at radius 1 is 1.09 bits per heavy atom. The van der Waals surface area contributed by atoms with Gasteiger partial charge in [0, 0.05) is 37.8 Å². The van der Waals surface area contributed by atoms with Gasteiger partial charge in [-0.3, -0.25) is 14.3 Å². The second-order valence-electron chi connectivity index (χ2n) is 8.33. The molecule has 1 aliphatic heterocycles. The summed E-state index contributed by atoms with van der Waals surface area (Å²) in [5.74, 6) is -0.00621. The highest BCUT2D eigenvalue weighted by Gasteiger charge is 2.22. The Morgan fingerprint density at radius 2 is 1.85 bits per heavy atom. The molecule has 2 amide bonds. The summed E-state index contributed by atoms with van der Waals surface area (Å²) in [7, 11) is 1.84. The van der Waals surface area contributed by atoms with Gasteiger partial charge in [-0.2, -0.15) is 5.10 Å². The number of hydrogen-bond donors (Lipinski definition) is 1. The Kier molecular flexibility index (Phi) is 5.38. The first kappa shape index (κ1) is 20.9. The molecule has 5 rings (SSSR count). The number of nitrogens with zero attached hydrogens (tertiary/aromatic N) is 4. The van der Waals surface area contributed by atoms with Gasteiger partial charge in [0.25, 0.3) is 5.91 Å². The van der Waals surface area contributed by atoms with E-state index in [1.165, 1.54) is 0 Å². The molecule has 7 nitrogen and oxygen atoms in total. The summed E-state index contributed by atoms with van der Waals surface area (Å²) in [6, 6.07) is 19.4. The van der Waals surface area contributed by atoms with Gasteiger partial charge in [-0.05, 0) is 37.1 Å². The van der Waals surface area contributed by atoms with Crippen LogP contribution in [0.2, 0.25) is 0 Å². The first-order valence-corrected chi connectivity index (χ1v) is 11.1. The van der Waals surface area contributed by atoms with Crippen LogP contribution in [0, 0.1) is 6.92 Å². The summed E-state index contributed by atoms with van der Waals surface area (Å²) in [5, 5.41) is 8.28. The number of rotatable bonds is 5. The highest BCUT2D eigenvalue weighted by molar-refractivity contribution is 6.07. The number of amides is 2. The Hall–Kier alpha value is -4.00. The van der Waals surface area contributed by atoms with Gasteiger partial charge in [0.1, 0.15) is 0 Å². The molecule has 0 spiro atoms. The quantitative estimate of drug-likeness (QED) is 0.510. The van der Waals surface area contributed by atoms with Gasteiger partial charge in [-0.1, -0.05) is 42.5 Å². The number of hydrogen-bond acceptors (Lipinski definition) is 4. The predicted octanol–water partition coefficient (Wildman–Crippen LogP) is 4.00. The van der Waals surface area contributed by atoms with Crippen LogP contribution < -0.4 is 10.2 Å². The molecular formula is C26H25N5O2. The number of aryl methyl sites for hydroxylation is 2. The summed E-state index contributed by atoms with van der Waals surface area (Å²) in [4.78, 5) is 31.8. The van der Waals surface area contributed by atoms with Crippen LogP contribution in [-0.4, -0.2) is 33.1 Å². The Labute approximate surface area is 192 Å². The first-order chi connectivity index (χ1) is 16.0. The van der Waals surface area contributed by atoms with Crippen LogP contribution in [0.15, 0.2) is 60.7 Å². The van der Waals surface area contributed by atoms with Crippen molar-refractivity contribution in [3.63, 3.8) is 0 Å². The summed E-state index contributed by atoms with van der Waals surface area (Å²) in [6.45, 7) is 3.04. The molecule has 4 aromatic rings. The minimum Gasteiger partial charge on any atom is -0.348 e. The Bertz CT molecular complexity index is 1340. The molecule has 1 fully saturated rings. The van der Waals surface area contributed by atoms with Crippen LogP contribution in [0.25, 0.3) is 22.3 Å². The lowest BCUT2D eigenvalue weighted by Crippen LogP contribution is -2.24. The average Bonchev–Trinajstić information content (AvgIpc) is 3.40. The maximum absolute atomic E-state index is 13.3. The zero-order valence-electron chi connectivity index (χ0n) is 18.7. The second kappa shape index (κ2) is 8.50. The summed E-state index contributed by atoms with van der Waals surface area (Å²) >= 11 is 0. The van der Waals surface area contributed by atoms with E-state index in [1.54, 1.807) is 4.68 Å². The van der Waals surface area contributed by atoms with E-state index in [1.807, 2.05) is 79.5 Å². The van der Waals surface area contributed by atoms with Crippen molar-refractivity contribution in [2.75, 3.05) is 11.4 Å². The Balaban J connectivity index is 1.40. The highest BCUT2D eigenvalue weighted by Crippen LogP contribution is 2.27. The van der Waals surface area contributed by atoms with Crippen LogP contribution in [0.1, 0.15) is 34.5 Å². The van der Waals surface area contributed by atoms with Crippen molar-refractivity contribution in [1.29, 1.82) is 0 Å². The van der Waals surface area contributed by atoms with Crippen LogP contribution in [0.3, 0.4) is 0 Å². The maximum atomic E-state index is 13.3. The number of aromatic nitrogens is 3. The molecule has 33 heavy (non-hydrogen) atoms. The summed E-state index contributed by atoms with van der Waals surface area (Å²) in [5.41, 5.74) is 5.55. The molecule has 0 radical (unpaired) electrons. The van der Waals surface area contributed by atoms with Crippen LogP contribution in [0.5, 0.6) is 0 Å². The number of benzene rings is 2. The van der Waals surface area contributed by atoms with Crippen molar-refractivity contribution in [2.24, 2.45) is 7.05 Å². The lowest BCUT2D eigenvalue weighted by atomic mass is 10.0. The van der Waals surface area contributed by atoms with Gasteiger partial charge < -0.3 is 10.2 Å². The number of fused-ring (bicyclic) bond motifs is 1. The molecule has 3 heterocycles. The van der Waals surface area contributed by atoms with Crippen LogP contribution >= 0.6 is 0 Å². The molecule has 166 valence electrons. The topological polar surface area (TPSA) is 80.1 Å². The number of carbonyl (C=O) groups is 2. The fourth-order valence-corrected chi connectivity index (χ4v) is 4.37. The predicted molar refractivity (Wildman–Crippen MR) is 128 cm³/mol. The smallest absolute Gasteiger partial charge is 0.252 e. The molecule has 1 N–H and O–H groups in total. The van der Waals surface area contributed by atoms with E-state index in [-0.39, 0.29) is 11.8 Å². The summed E-state index contributed by atoms with van der Waals surface area (Å²) in [6.07, 6.45) is 1.51. The molecule has 0 atom stereocenters. The number of carbonyl (C=O) groups excluding carboxylic acids is 2. The normalized spacial score (nSPS) is 13.6. The van der Waals surface area contributed by atoms with Gasteiger partial charge in [-0.25, -0.2) is 4.98 Å². The molecule has 0 aliphatic carbocycles. The van der Waals surface area contributed by atoms with Crippen molar-refractivity contribution in [3.05, 3.63) is 77.5 Å².